The molecule has 1 aromatic heterocycles. The number of imidazole rings is 1. The zero-order valence-corrected chi connectivity index (χ0v) is 11.2. The summed E-state index contributed by atoms with van der Waals surface area (Å²) in [5, 5.41) is 0.452. The summed E-state index contributed by atoms with van der Waals surface area (Å²) in [6.45, 7) is 0. The van der Waals surface area contributed by atoms with Crippen molar-refractivity contribution in [3.8, 4) is 5.69 Å². The third kappa shape index (κ3) is 2.36. The number of carbonyl (C=O) groups is 1. The lowest BCUT2D eigenvalue weighted by molar-refractivity contribution is 0.0601. The number of rotatable bonds is 3. The second kappa shape index (κ2) is 4.70. The number of halogens is 1. The highest BCUT2D eigenvalue weighted by Crippen LogP contribution is 2.40. The maximum absolute atomic E-state index is 11.4. The lowest BCUT2D eigenvalue weighted by atomic mass is 10.2. The SMILES string of the molecule is COC(=O)c1ccc(-n2cc(C3CC3)nc2Cl)cc1. The van der Waals surface area contributed by atoms with Crippen molar-refractivity contribution in [1.29, 1.82) is 0 Å². The minimum atomic E-state index is -0.345. The van der Waals surface area contributed by atoms with E-state index < -0.39 is 0 Å². The fourth-order valence-electron chi connectivity index (χ4n) is 2.01. The number of nitrogens with zero attached hydrogens (tertiary/aromatic N) is 2. The van der Waals surface area contributed by atoms with E-state index in [9.17, 15) is 4.79 Å². The number of hydrogen-bond donors (Lipinski definition) is 0. The average molecular weight is 277 g/mol. The van der Waals surface area contributed by atoms with Crippen molar-refractivity contribution in [2.75, 3.05) is 7.11 Å². The third-order valence-electron chi connectivity index (χ3n) is 3.24. The first kappa shape index (κ1) is 12.2. The van der Waals surface area contributed by atoms with Gasteiger partial charge in [0, 0.05) is 17.8 Å². The van der Waals surface area contributed by atoms with Crippen LogP contribution in [0.15, 0.2) is 30.5 Å². The van der Waals surface area contributed by atoms with Crippen molar-refractivity contribution in [3.05, 3.63) is 47.0 Å². The summed E-state index contributed by atoms with van der Waals surface area (Å²) in [4.78, 5) is 15.7. The number of benzene rings is 1. The fourth-order valence-corrected chi connectivity index (χ4v) is 2.25. The zero-order chi connectivity index (χ0) is 13.4. The van der Waals surface area contributed by atoms with Crippen LogP contribution < -0.4 is 0 Å². The van der Waals surface area contributed by atoms with Gasteiger partial charge in [-0.2, -0.15) is 0 Å². The molecule has 1 aliphatic rings. The monoisotopic (exact) mass is 276 g/mol. The quantitative estimate of drug-likeness (QED) is 0.809. The molecule has 0 N–H and O–H groups in total. The number of methoxy groups -OCH3 is 1. The minimum Gasteiger partial charge on any atom is -0.465 e. The van der Waals surface area contributed by atoms with Crippen LogP contribution in [-0.2, 0) is 4.74 Å². The largest absolute Gasteiger partial charge is 0.465 e. The van der Waals surface area contributed by atoms with E-state index in [1.807, 2.05) is 22.9 Å². The molecule has 0 spiro atoms. The summed E-state index contributed by atoms with van der Waals surface area (Å²) in [6.07, 6.45) is 4.34. The first-order valence-corrected chi connectivity index (χ1v) is 6.50. The molecule has 0 bridgehead atoms. The molecule has 0 saturated heterocycles. The first-order chi connectivity index (χ1) is 9.19. The smallest absolute Gasteiger partial charge is 0.337 e. The number of hydrogen-bond acceptors (Lipinski definition) is 3. The van der Waals surface area contributed by atoms with Crippen LogP contribution in [0, 0.1) is 0 Å². The van der Waals surface area contributed by atoms with Crippen molar-refractivity contribution in [3.63, 3.8) is 0 Å². The lowest BCUT2D eigenvalue weighted by Gasteiger charge is -2.04. The number of ether oxygens (including phenoxy) is 1. The molecule has 4 nitrogen and oxygen atoms in total. The lowest BCUT2D eigenvalue weighted by Crippen LogP contribution is -2.01. The van der Waals surface area contributed by atoms with E-state index in [-0.39, 0.29) is 5.97 Å². The molecule has 1 fully saturated rings. The number of carbonyl (C=O) groups excluding carboxylic acids is 1. The van der Waals surface area contributed by atoms with E-state index in [0.717, 1.165) is 11.4 Å². The summed E-state index contributed by atoms with van der Waals surface area (Å²) < 4.78 is 6.49. The fraction of sp³-hybridized carbons (Fsp3) is 0.286. The highest BCUT2D eigenvalue weighted by Gasteiger charge is 2.27. The molecule has 0 radical (unpaired) electrons. The van der Waals surface area contributed by atoms with E-state index >= 15 is 0 Å². The van der Waals surface area contributed by atoms with E-state index in [0.29, 0.717) is 16.8 Å². The maximum Gasteiger partial charge on any atom is 0.337 e. The molecule has 1 heterocycles. The summed E-state index contributed by atoms with van der Waals surface area (Å²) in [5.74, 6) is 0.218. The molecule has 0 atom stereocenters. The Labute approximate surface area is 116 Å². The molecule has 1 saturated carbocycles. The Morgan fingerprint density at radius 3 is 2.63 bits per heavy atom. The first-order valence-electron chi connectivity index (χ1n) is 6.12. The van der Waals surface area contributed by atoms with Gasteiger partial charge in [-0.3, -0.25) is 4.57 Å². The van der Waals surface area contributed by atoms with Gasteiger partial charge in [-0.1, -0.05) is 0 Å². The number of esters is 1. The molecule has 0 amide bonds. The molecular weight excluding hydrogens is 264 g/mol. The standard InChI is InChI=1S/C14H13ClN2O2/c1-19-13(18)10-4-6-11(7-5-10)17-8-12(9-2-3-9)16-14(17)15/h4-9H,2-3H2,1H3. The maximum atomic E-state index is 11.4. The topological polar surface area (TPSA) is 44.1 Å². The van der Waals surface area contributed by atoms with Crippen molar-refractivity contribution in [2.45, 2.75) is 18.8 Å². The van der Waals surface area contributed by atoms with Gasteiger partial charge in [-0.05, 0) is 48.7 Å². The van der Waals surface area contributed by atoms with E-state index in [1.165, 1.54) is 20.0 Å². The van der Waals surface area contributed by atoms with Crippen LogP contribution in [0.3, 0.4) is 0 Å². The Kier molecular flexibility index (Phi) is 3.03. The van der Waals surface area contributed by atoms with Crippen LogP contribution in [0.1, 0.15) is 34.8 Å². The van der Waals surface area contributed by atoms with Gasteiger partial charge < -0.3 is 4.74 Å². The summed E-state index contributed by atoms with van der Waals surface area (Å²) in [7, 11) is 1.37. The minimum absolute atomic E-state index is 0.345. The van der Waals surface area contributed by atoms with Gasteiger partial charge in [-0.25, -0.2) is 9.78 Å². The van der Waals surface area contributed by atoms with Crippen LogP contribution in [0.4, 0.5) is 0 Å². The van der Waals surface area contributed by atoms with Gasteiger partial charge in [-0.15, -0.1) is 0 Å². The second-order valence-corrected chi connectivity index (χ2v) is 4.96. The molecule has 1 aliphatic carbocycles. The zero-order valence-electron chi connectivity index (χ0n) is 10.5. The molecule has 3 rings (SSSR count). The molecule has 19 heavy (non-hydrogen) atoms. The molecular formula is C14H13ClN2O2. The van der Waals surface area contributed by atoms with Crippen LogP contribution in [0.2, 0.25) is 5.28 Å². The molecule has 0 unspecified atom stereocenters. The predicted molar refractivity (Wildman–Crippen MR) is 71.9 cm³/mol. The van der Waals surface area contributed by atoms with Crippen LogP contribution in [0.5, 0.6) is 0 Å². The van der Waals surface area contributed by atoms with E-state index in [2.05, 4.69) is 9.72 Å². The summed E-state index contributed by atoms with van der Waals surface area (Å²) in [6, 6.07) is 7.09. The third-order valence-corrected chi connectivity index (χ3v) is 3.51. The molecule has 0 aliphatic heterocycles. The van der Waals surface area contributed by atoms with Gasteiger partial charge in [0.05, 0.1) is 18.4 Å². The summed E-state index contributed by atoms with van der Waals surface area (Å²) in [5.41, 5.74) is 2.45. The highest BCUT2D eigenvalue weighted by molar-refractivity contribution is 6.28. The Bertz CT molecular complexity index is 615. The van der Waals surface area contributed by atoms with Crippen molar-refractivity contribution in [1.82, 2.24) is 9.55 Å². The molecule has 5 heteroatoms. The number of aromatic nitrogens is 2. The van der Waals surface area contributed by atoms with Crippen molar-refractivity contribution < 1.29 is 9.53 Å². The summed E-state index contributed by atoms with van der Waals surface area (Å²) >= 11 is 6.14. The second-order valence-electron chi connectivity index (χ2n) is 4.62. The predicted octanol–water partition coefficient (Wildman–Crippen LogP) is 3.19. The molecule has 98 valence electrons. The Balaban J connectivity index is 1.91. The van der Waals surface area contributed by atoms with Crippen molar-refractivity contribution >= 4 is 17.6 Å². The van der Waals surface area contributed by atoms with Gasteiger partial charge >= 0.3 is 5.97 Å². The van der Waals surface area contributed by atoms with Gasteiger partial charge in [0.2, 0.25) is 5.28 Å². The Morgan fingerprint density at radius 1 is 1.37 bits per heavy atom. The van der Waals surface area contributed by atoms with E-state index in [4.69, 9.17) is 11.6 Å². The van der Waals surface area contributed by atoms with Gasteiger partial charge in [0.25, 0.3) is 0 Å². The van der Waals surface area contributed by atoms with Crippen LogP contribution >= 0.6 is 11.6 Å². The van der Waals surface area contributed by atoms with Crippen LogP contribution in [0.25, 0.3) is 5.69 Å². The average Bonchev–Trinajstić information content (AvgIpc) is 3.21. The Morgan fingerprint density at radius 2 is 2.05 bits per heavy atom. The van der Waals surface area contributed by atoms with Crippen molar-refractivity contribution in [2.24, 2.45) is 0 Å². The van der Waals surface area contributed by atoms with E-state index in [1.54, 1.807) is 12.1 Å². The normalized spacial score (nSPS) is 14.4. The molecule has 1 aromatic carbocycles. The van der Waals surface area contributed by atoms with Gasteiger partial charge in [0.1, 0.15) is 0 Å². The highest BCUT2D eigenvalue weighted by atomic mass is 35.5. The van der Waals surface area contributed by atoms with Crippen LogP contribution in [-0.4, -0.2) is 22.6 Å². The Hall–Kier alpha value is -1.81. The molecule has 2 aromatic rings. The van der Waals surface area contributed by atoms with Gasteiger partial charge in [0.15, 0.2) is 0 Å².